The largest absolute Gasteiger partial charge is 0.496 e. The molecule has 0 aliphatic heterocycles. The number of hydrogen-bond donors (Lipinski definition) is 2. The monoisotopic (exact) mass is 311 g/mol. The van der Waals surface area contributed by atoms with E-state index in [1.54, 1.807) is 13.2 Å². The second-order valence-corrected chi connectivity index (χ2v) is 6.40. The van der Waals surface area contributed by atoms with Gasteiger partial charge in [-0.25, -0.2) is 0 Å². The Bertz CT molecular complexity index is 585. The maximum atomic E-state index is 10.5. The van der Waals surface area contributed by atoms with Gasteiger partial charge < -0.3 is 15.6 Å². The molecule has 0 fully saturated rings. The van der Waals surface area contributed by atoms with Crippen LogP contribution >= 0.6 is 22.9 Å². The molecule has 2 aromatic rings. The zero-order valence-electron chi connectivity index (χ0n) is 11.5. The number of aliphatic hydroxyl groups excluding tert-OH is 1. The van der Waals surface area contributed by atoms with Crippen LogP contribution in [0.3, 0.4) is 0 Å². The van der Waals surface area contributed by atoms with E-state index in [1.165, 1.54) is 11.3 Å². The van der Waals surface area contributed by atoms with Crippen LogP contribution in [-0.2, 0) is 0 Å². The van der Waals surface area contributed by atoms with Crippen LogP contribution < -0.4 is 10.5 Å². The predicted octanol–water partition coefficient (Wildman–Crippen LogP) is 3.49. The maximum absolute atomic E-state index is 10.5. The third-order valence-electron chi connectivity index (χ3n) is 3.38. The predicted molar refractivity (Wildman–Crippen MR) is 83.8 cm³/mol. The van der Waals surface area contributed by atoms with Crippen LogP contribution in [0.1, 0.15) is 28.0 Å². The molecule has 108 valence electrons. The molecule has 2 unspecified atom stereocenters. The number of aliphatic hydroxyl groups is 1. The Morgan fingerprint density at radius 2 is 2.10 bits per heavy atom. The number of rotatable bonds is 5. The molecule has 20 heavy (non-hydrogen) atoms. The summed E-state index contributed by atoms with van der Waals surface area (Å²) < 4.78 is 5.99. The van der Waals surface area contributed by atoms with Gasteiger partial charge in [0, 0.05) is 17.3 Å². The van der Waals surface area contributed by atoms with E-state index in [-0.39, 0.29) is 5.92 Å². The fourth-order valence-corrected chi connectivity index (χ4v) is 3.31. The molecule has 0 spiro atoms. The maximum Gasteiger partial charge on any atom is 0.122 e. The lowest BCUT2D eigenvalue weighted by Gasteiger charge is -2.22. The number of aryl methyl sites for hydroxylation is 1. The smallest absolute Gasteiger partial charge is 0.122 e. The van der Waals surface area contributed by atoms with Gasteiger partial charge in [-0.1, -0.05) is 23.7 Å². The van der Waals surface area contributed by atoms with Gasteiger partial charge in [0.15, 0.2) is 0 Å². The molecule has 0 bridgehead atoms. The Hall–Kier alpha value is -1.07. The van der Waals surface area contributed by atoms with Crippen molar-refractivity contribution < 1.29 is 9.84 Å². The summed E-state index contributed by atoms with van der Waals surface area (Å²) in [5.74, 6) is 0.622. The second-order valence-electron chi connectivity index (χ2n) is 4.66. The minimum absolute atomic E-state index is 0.181. The average Bonchev–Trinajstić information content (AvgIpc) is 2.88. The molecule has 0 amide bonds. The van der Waals surface area contributed by atoms with E-state index in [2.05, 4.69) is 0 Å². The van der Waals surface area contributed by atoms with Crippen molar-refractivity contribution in [2.45, 2.75) is 18.9 Å². The molecule has 0 saturated heterocycles. The van der Waals surface area contributed by atoms with Gasteiger partial charge in [-0.2, -0.15) is 0 Å². The van der Waals surface area contributed by atoms with Crippen LogP contribution in [-0.4, -0.2) is 18.8 Å². The molecule has 1 aromatic carbocycles. The highest BCUT2D eigenvalue weighted by Crippen LogP contribution is 2.36. The highest BCUT2D eigenvalue weighted by atomic mass is 35.5. The first-order chi connectivity index (χ1) is 9.56. The number of benzene rings is 1. The fraction of sp³-hybridized carbons (Fsp3) is 0.333. The summed E-state index contributed by atoms with van der Waals surface area (Å²) in [6.07, 6.45) is -0.662. The van der Waals surface area contributed by atoms with Crippen molar-refractivity contribution in [1.29, 1.82) is 0 Å². The van der Waals surface area contributed by atoms with Crippen LogP contribution in [0.5, 0.6) is 5.75 Å². The molecule has 0 saturated carbocycles. The average molecular weight is 312 g/mol. The minimum atomic E-state index is -0.662. The van der Waals surface area contributed by atoms with Crippen LogP contribution in [0.2, 0.25) is 4.34 Å². The SMILES string of the molecule is COc1cc(C(CN)C(O)c2ccc(Cl)s2)ccc1C. The van der Waals surface area contributed by atoms with E-state index in [9.17, 15) is 5.11 Å². The third-order valence-corrected chi connectivity index (χ3v) is 4.68. The topological polar surface area (TPSA) is 55.5 Å². The summed E-state index contributed by atoms with van der Waals surface area (Å²) >= 11 is 7.30. The van der Waals surface area contributed by atoms with Crippen molar-refractivity contribution in [3.63, 3.8) is 0 Å². The Balaban J connectivity index is 2.32. The summed E-state index contributed by atoms with van der Waals surface area (Å²) in [6, 6.07) is 9.52. The normalized spacial score (nSPS) is 14.1. The van der Waals surface area contributed by atoms with Crippen molar-refractivity contribution in [3.05, 3.63) is 50.7 Å². The lowest BCUT2D eigenvalue weighted by Crippen LogP contribution is -2.19. The van der Waals surface area contributed by atoms with Gasteiger partial charge in [0.1, 0.15) is 5.75 Å². The van der Waals surface area contributed by atoms with Gasteiger partial charge in [0.05, 0.1) is 17.6 Å². The summed E-state index contributed by atoms with van der Waals surface area (Å²) in [5.41, 5.74) is 7.87. The lowest BCUT2D eigenvalue weighted by atomic mass is 9.91. The van der Waals surface area contributed by atoms with Gasteiger partial charge >= 0.3 is 0 Å². The van der Waals surface area contributed by atoms with E-state index >= 15 is 0 Å². The van der Waals surface area contributed by atoms with Gasteiger partial charge in [0.2, 0.25) is 0 Å². The number of thiophene rings is 1. The van der Waals surface area contributed by atoms with Crippen LogP contribution in [0.15, 0.2) is 30.3 Å². The summed E-state index contributed by atoms with van der Waals surface area (Å²) in [7, 11) is 1.64. The Morgan fingerprint density at radius 1 is 1.35 bits per heavy atom. The van der Waals surface area contributed by atoms with Crippen molar-refractivity contribution in [2.24, 2.45) is 5.73 Å². The zero-order chi connectivity index (χ0) is 14.7. The Kier molecular flexibility index (Phi) is 5.05. The standard InChI is InChI=1S/C15H18ClNO2S/c1-9-3-4-10(7-12(9)19-2)11(8-17)15(18)13-5-6-14(16)20-13/h3-7,11,15,18H,8,17H2,1-2H3. The van der Waals surface area contributed by atoms with E-state index < -0.39 is 6.10 Å². The molecule has 1 aromatic heterocycles. The molecule has 3 nitrogen and oxygen atoms in total. The summed E-state index contributed by atoms with van der Waals surface area (Å²) in [4.78, 5) is 0.824. The van der Waals surface area contributed by atoms with E-state index in [4.69, 9.17) is 22.1 Å². The van der Waals surface area contributed by atoms with Gasteiger partial charge in [-0.3, -0.25) is 0 Å². The number of nitrogens with two attached hydrogens (primary N) is 1. The lowest BCUT2D eigenvalue weighted by molar-refractivity contribution is 0.151. The summed E-state index contributed by atoms with van der Waals surface area (Å²) in [6.45, 7) is 2.33. The molecule has 2 rings (SSSR count). The molecule has 3 N–H and O–H groups in total. The van der Waals surface area contributed by atoms with Gasteiger partial charge in [0.25, 0.3) is 0 Å². The Morgan fingerprint density at radius 3 is 2.65 bits per heavy atom. The minimum Gasteiger partial charge on any atom is -0.496 e. The van der Waals surface area contributed by atoms with Crippen LogP contribution in [0, 0.1) is 6.92 Å². The molecule has 1 heterocycles. The number of ether oxygens (including phenoxy) is 1. The third kappa shape index (κ3) is 3.15. The molecule has 2 atom stereocenters. The molecular weight excluding hydrogens is 294 g/mol. The molecule has 5 heteroatoms. The van der Waals surface area contributed by atoms with Crippen molar-refractivity contribution in [2.75, 3.05) is 13.7 Å². The number of methoxy groups -OCH3 is 1. The molecule has 0 aliphatic carbocycles. The van der Waals surface area contributed by atoms with Gasteiger partial charge in [-0.15, -0.1) is 11.3 Å². The first-order valence-corrected chi connectivity index (χ1v) is 7.54. The second kappa shape index (κ2) is 6.59. The van der Waals surface area contributed by atoms with Gasteiger partial charge in [-0.05, 0) is 36.2 Å². The van der Waals surface area contributed by atoms with Crippen LogP contribution in [0.4, 0.5) is 0 Å². The van der Waals surface area contributed by atoms with E-state index in [0.29, 0.717) is 10.9 Å². The summed E-state index contributed by atoms with van der Waals surface area (Å²) in [5, 5.41) is 10.5. The molecule has 0 aliphatic rings. The zero-order valence-corrected chi connectivity index (χ0v) is 13.0. The van der Waals surface area contributed by atoms with E-state index in [1.807, 2.05) is 31.2 Å². The Labute approximate surface area is 128 Å². The highest BCUT2D eigenvalue weighted by molar-refractivity contribution is 7.16. The van der Waals surface area contributed by atoms with Crippen molar-refractivity contribution in [3.8, 4) is 5.75 Å². The fourth-order valence-electron chi connectivity index (χ4n) is 2.20. The quantitative estimate of drug-likeness (QED) is 0.888. The first-order valence-electron chi connectivity index (χ1n) is 6.34. The first kappa shape index (κ1) is 15.3. The molecular formula is C15H18ClNO2S. The number of halogens is 1. The highest BCUT2D eigenvalue weighted by Gasteiger charge is 2.23. The van der Waals surface area contributed by atoms with Crippen molar-refractivity contribution in [1.82, 2.24) is 0 Å². The van der Waals surface area contributed by atoms with Crippen molar-refractivity contribution >= 4 is 22.9 Å². The molecule has 0 radical (unpaired) electrons. The number of hydrogen-bond acceptors (Lipinski definition) is 4. The van der Waals surface area contributed by atoms with E-state index in [0.717, 1.165) is 21.8 Å². The van der Waals surface area contributed by atoms with Crippen LogP contribution in [0.25, 0.3) is 0 Å².